The van der Waals surface area contributed by atoms with Crippen molar-refractivity contribution in [3.05, 3.63) is 70.9 Å². The Bertz CT molecular complexity index is 996. The standard InChI is InChI=1S/C22H23ClN4O2/c1-29-18-7-4-6-16(13-18)20-14-21(25-24-20)22(28)27-11-9-26(10-12-27)15-17-5-2-3-8-19(17)23/h2-8,13-14H,9-12,15H2,1H3,(H,24,25). The Kier molecular flexibility index (Phi) is 5.83. The minimum Gasteiger partial charge on any atom is -0.497 e. The highest BCUT2D eigenvalue weighted by Gasteiger charge is 2.24. The fourth-order valence-electron chi connectivity index (χ4n) is 3.51. The van der Waals surface area contributed by atoms with E-state index < -0.39 is 0 Å². The highest BCUT2D eigenvalue weighted by atomic mass is 35.5. The van der Waals surface area contributed by atoms with Crippen molar-refractivity contribution in [2.24, 2.45) is 0 Å². The molecule has 1 N–H and O–H groups in total. The van der Waals surface area contributed by atoms with E-state index in [-0.39, 0.29) is 5.91 Å². The normalized spacial score (nSPS) is 14.8. The van der Waals surface area contributed by atoms with E-state index in [0.29, 0.717) is 18.8 Å². The van der Waals surface area contributed by atoms with Crippen LogP contribution in [-0.2, 0) is 6.54 Å². The first kappa shape index (κ1) is 19.5. The molecule has 7 heteroatoms. The number of carbonyl (C=O) groups is 1. The Morgan fingerprint density at radius 1 is 1.10 bits per heavy atom. The minimum absolute atomic E-state index is 0.0240. The first-order valence-corrected chi connectivity index (χ1v) is 9.97. The Balaban J connectivity index is 1.37. The van der Waals surface area contributed by atoms with Gasteiger partial charge in [0, 0.05) is 43.3 Å². The molecule has 2 aromatic carbocycles. The second kappa shape index (κ2) is 8.68. The van der Waals surface area contributed by atoms with Crippen molar-refractivity contribution in [1.29, 1.82) is 0 Å². The first-order valence-electron chi connectivity index (χ1n) is 9.59. The number of nitrogens with one attached hydrogen (secondary N) is 1. The Morgan fingerprint density at radius 3 is 2.66 bits per heavy atom. The molecule has 150 valence electrons. The van der Waals surface area contributed by atoms with Gasteiger partial charge in [0.05, 0.1) is 12.8 Å². The van der Waals surface area contributed by atoms with Gasteiger partial charge < -0.3 is 9.64 Å². The second-order valence-corrected chi connectivity index (χ2v) is 7.47. The van der Waals surface area contributed by atoms with Crippen LogP contribution in [0, 0.1) is 0 Å². The zero-order valence-electron chi connectivity index (χ0n) is 16.3. The van der Waals surface area contributed by atoms with Crippen molar-refractivity contribution in [2.45, 2.75) is 6.54 Å². The topological polar surface area (TPSA) is 61.5 Å². The quantitative estimate of drug-likeness (QED) is 0.696. The van der Waals surface area contributed by atoms with Crippen LogP contribution in [0.5, 0.6) is 5.75 Å². The maximum atomic E-state index is 12.9. The molecule has 0 unspecified atom stereocenters. The number of carbonyl (C=O) groups excluding carboxylic acids is 1. The Morgan fingerprint density at radius 2 is 1.90 bits per heavy atom. The molecule has 1 fully saturated rings. The molecule has 3 aromatic rings. The lowest BCUT2D eigenvalue weighted by Gasteiger charge is -2.34. The van der Waals surface area contributed by atoms with E-state index in [9.17, 15) is 4.79 Å². The molecule has 0 bridgehead atoms. The number of aromatic amines is 1. The van der Waals surface area contributed by atoms with Gasteiger partial charge in [-0.3, -0.25) is 14.8 Å². The monoisotopic (exact) mass is 410 g/mol. The van der Waals surface area contributed by atoms with Crippen LogP contribution in [0.15, 0.2) is 54.6 Å². The number of rotatable bonds is 5. The van der Waals surface area contributed by atoms with E-state index >= 15 is 0 Å². The number of benzene rings is 2. The van der Waals surface area contributed by atoms with E-state index in [2.05, 4.69) is 15.1 Å². The molecule has 0 atom stereocenters. The number of nitrogens with zero attached hydrogens (tertiary/aromatic N) is 3. The van der Waals surface area contributed by atoms with E-state index in [1.54, 1.807) is 13.2 Å². The number of ether oxygens (including phenoxy) is 1. The Labute approximate surface area is 175 Å². The summed E-state index contributed by atoms with van der Waals surface area (Å²) in [5.41, 5.74) is 3.25. The summed E-state index contributed by atoms with van der Waals surface area (Å²) in [6.45, 7) is 3.78. The van der Waals surface area contributed by atoms with Crippen LogP contribution in [0.1, 0.15) is 16.1 Å². The minimum atomic E-state index is -0.0240. The lowest BCUT2D eigenvalue weighted by molar-refractivity contribution is 0.0622. The summed E-state index contributed by atoms with van der Waals surface area (Å²) in [5, 5.41) is 7.98. The average Bonchev–Trinajstić information content (AvgIpc) is 3.26. The number of methoxy groups -OCH3 is 1. The van der Waals surface area contributed by atoms with Gasteiger partial charge in [-0.1, -0.05) is 41.9 Å². The third-order valence-corrected chi connectivity index (χ3v) is 5.55. The fourth-order valence-corrected chi connectivity index (χ4v) is 3.70. The molecule has 1 amide bonds. The van der Waals surface area contributed by atoms with Crippen LogP contribution in [0.25, 0.3) is 11.3 Å². The largest absolute Gasteiger partial charge is 0.497 e. The van der Waals surface area contributed by atoms with Gasteiger partial charge in [0.25, 0.3) is 5.91 Å². The lowest BCUT2D eigenvalue weighted by Crippen LogP contribution is -2.48. The van der Waals surface area contributed by atoms with E-state index in [4.69, 9.17) is 16.3 Å². The van der Waals surface area contributed by atoms with Gasteiger partial charge >= 0.3 is 0 Å². The van der Waals surface area contributed by atoms with Crippen LogP contribution in [0.3, 0.4) is 0 Å². The van der Waals surface area contributed by atoms with Crippen LogP contribution in [0.4, 0.5) is 0 Å². The maximum absolute atomic E-state index is 12.9. The van der Waals surface area contributed by atoms with Crippen molar-refractivity contribution < 1.29 is 9.53 Å². The molecule has 0 radical (unpaired) electrons. The first-order chi connectivity index (χ1) is 14.1. The molecule has 0 saturated carbocycles. The van der Waals surface area contributed by atoms with Gasteiger partial charge in [0.2, 0.25) is 0 Å². The summed E-state index contributed by atoms with van der Waals surface area (Å²) in [6.07, 6.45) is 0. The highest BCUT2D eigenvalue weighted by molar-refractivity contribution is 6.31. The third-order valence-electron chi connectivity index (χ3n) is 5.19. The summed E-state index contributed by atoms with van der Waals surface area (Å²) in [4.78, 5) is 17.1. The molecule has 0 spiro atoms. The van der Waals surface area contributed by atoms with Crippen LogP contribution < -0.4 is 4.74 Å². The summed E-state index contributed by atoms with van der Waals surface area (Å²) in [5.74, 6) is 0.733. The van der Waals surface area contributed by atoms with Crippen molar-refractivity contribution >= 4 is 17.5 Å². The zero-order valence-corrected chi connectivity index (χ0v) is 17.0. The van der Waals surface area contributed by atoms with Crippen LogP contribution >= 0.6 is 11.6 Å². The molecule has 1 saturated heterocycles. The predicted octanol–water partition coefficient (Wildman–Crippen LogP) is 3.70. The van der Waals surface area contributed by atoms with Crippen molar-refractivity contribution in [3.8, 4) is 17.0 Å². The number of aromatic nitrogens is 2. The van der Waals surface area contributed by atoms with E-state index in [1.165, 1.54) is 0 Å². The Hall–Kier alpha value is -2.83. The van der Waals surface area contributed by atoms with Gasteiger partial charge in [-0.15, -0.1) is 0 Å². The molecule has 29 heavy (non-hydrogen) atoms. The number of hydrogen-bond donors (Lipinski definition) is 1. The van der Waals surface area contributed by atoms with Crippen LogP contribution in [-0.4, -0.2) is 59.2 Å². The van der Waals surface area contributed by atoms with Gasteiger partial charge in [-0.2, -0.15) is 5.10 Å². The zero-order chi connectivity index (χ0) is 20.2. The lowest BCUT2D eigenvalue weighted by atomic mass is 10.1. The fraction of sp³-hybridized carbons (Fsp3) is 0.273. The molecule has 4 rings (SSSR count). The summed E-state index contributed by atoms with van der Waals surface area (Å²) < 4.78 is 5.26. The number of amides is 1. The molecule has 1 aromatic heterocycles. The molecule has 1 aliphatic heterocycles. The van der Waals surface area contributed by atoms with Gasteiger partial charge in [0.15, 0.2) is 0 Å². The van der Waals surface area contributed by atoms with E-state index in [1.807, 2.05) is 53.4 Å². The van der Waals surface area contributed by atoms with Crippen LogP contribution in [0.2, 0.25) is 5.02 Å². The van der Waals surface area contributed by atoms with Gasteiger partial charge in [-0.05, 0) is 29.8 Å². The summed E-state index contributed by atoms with van der Waals surface area (Å²) in [6, 6.07) is 17.3. The van der Waals surface area contributed by atoms with Crippen molar-refractivity contribution in [3.63, 3.8) is 0 Å². The number of piperazine rings is 1. The molecule has 2 heterocycles. The highest BCUT2D eigenvalue weighted by Crippen LogP contribution is 2.23. The number of halogens is 1. The summed E-state index contributed by atoms with van der Waals surface area (Å²) in [7, 11) is 1.63. The van der Waals surface area contributed by atoms with Crippen molar-refractivity contribution in [2.75, 3.05) is 33.3 Å². The summed E-state index contributed by atoms with van der Waals surface area (Å²) >= 11 is 6.26. The van der Waals surface area contributed by atoms with E-state index in [0.717, 1.165) is 47.2 Å². The predicted molar refractivity (Wildman–Crippen MR) is 113 cm³/mol. The molecular weight excluding hydrogens is 388 g/mol. The number of hydrogen-bond acceptors (Lipinski definition) is 4. The van der Waals surface area contributed by atoms with Gasteiger partial charge in [-0.25, -0.2) is 0 Å². The molecular formula is C22H23ClN4O2. The second-order valence-electron chi connectivity index (χ2n) is 7.06. The maximum Gasteiger partial charge on any atom is 0.271 e. The molecule has 0 aliphatic carbocycles. The average molecular weight is 411 g/mol. The molecule has 6 nitrogen and oxygen atoms in total. The molecule has 1 aliphatic rings. The van der Waals surface area contributed by atoms with Gasteiger partial charge in [0.1, 0.15) is 11.4 Å². The third kappa shape index (κ3) is 4.44. The van der Waals surface area contributed by atoms with Crippen molar-refractivity contribution in [1.82, 2.24) is 20.0 Å². The SMILES string of the molecule is COc1cccc(-c2cc(C(=O)N3CCN(Cc4ccccc4Cl)CC3)[nH]n2)c1. The smallest absolute Gasteiger partial charge is 0.271 e. The number of H-pyrrole nitrogens is 1.